The lowest BCUT2D eigenvalue weighted by molar-refractivity contribution is 0.0420. The molecule has 0 saturated heterocycles. The Bertz CT molecular complexity index is 597. The highest BCUT2D eigenvalue weighted by Gasteiger charge is 2.27. The second-order valence-corrected chi connectivity index (χ2v) is 5.30. The first kappa shape index (κ1) is 12.9. The SMILES string of the molecule is Cn1ncc(C(=O)NCC2CC(O)C2)c1-n1cccc1. The molecule has 1 aliphatic carbocycles. The maximum Gasteiger partial charge on any atom is 0.256 e. The Kier molecular flexibility index (Phi) is 3.31. The van der Waals surface area contributed by atoms with Crippen LogP contribution in [0.3, 0.4) is 0 Å². The van der Waals surface area contributed by atoms with Crippen molar-refractivity contribution in [3.8, 4) is 5.82 Å². The van der Waals surface area contributed by atoms with Crippen LogP contribution in [0.4, 0.5) is 0 Å². The Labute approximate surface area is 117 Å². The number of aliphatic hydroxyl groups excluding tert-OH is 1. The molecule has 0 unspecified atom stereocenters. The number of aromatic nitrogens is 3. The van der Waals surface area contributed by atoms with E-state index in [4.69, 9.17) is 0 Å². The summed E-state index contributed by atoms with van der Waals surface area (Å²) in [5.41, 5.74) is 0.559. The minimum Gasteiger partial charge on any atom is -0.393 e. The van der Waals surface area contributed by atoms with E-state index in [1.807, 2.05) is 36.1 Å². The number of rotatable bonds is 4. The molecular weight excluding hydrogens is 256 g/mol. The van der Waals surface area contributed by atoms with Gasteiger partial charge in [-0.15, -0.1) is 0 Å². The maximum absolute atomic E-state index is 12.3. The highest BCUT2D eigenvalue weighted by Crippen LogP contribution is 2.26. The van der Waals surface area contributed by atoms with Crippen LogP contribution in [-0.4, -0.2) is 38.0 Å². The Hall–Kier alpha value is -2.08. The monoisotopic (exact) mass is 274 g/mol. The summed E-state index contributed by atoms with van der Waals surface area (Å²) in [5.74, 6) is 1.02. The number of carbonyl (C=O) groups is 1. The molecule has 1 fully saturated rings. The molecule has 0 aliphatic heterocycles. The van der Waals surface area contributed by atoms with Crippen molar-refractivity contribution >= 4 is 5.91 Å². The van der Waals surface area contributed by atoms with E-state index in [2.05, 4.69) is 10.4 Å². The van der Waals surface area contributed by atoms with Crippen LogP contribution in [0, 0.1) is 5.92 Å². The van der Waals surface area contributed by atoms with Crippen LogP contribution in [0.15, 0.2) is 30.7 Å². The molecule has 2 heterocycles. The number of aryl methyl sites for hydroxylation is 1. The molecule has 0 radical (unpaired) electrons. The van der Waals surface area contributed by atoms with Crippen LogP contribution in [0.25, 0.3) is 5.82 Å². The summed E-state index contributed by atoms with van der Waals surface area (Å²) < 4.78 is 3.55. The molecule has 20 heavy (non-hydrogen) atoms. The molecule has 0 spiro atoms. The van der Waals surface area contributed by atoms with E-state index in [9.17, 15) is 9.90 Å². The van der Waals surface area contributed by atoms with Crippen molar-refractivity contribution in [2.24, 2.45) is 13.0 Å². The van der Waals surface area contributed by atoms with Crippen LogP contribution >= 0.6 is 0 Å². The largest absolute Gasteiger partial charge is 0.393 e. The van der Waals surface area contributed by atoms with Gasteiger partial charge in [-0.25, -0.2) is 0 Å². The number of hydrogen-bond donors (Lipinski definition) is 2. The summed E-state index contributed by atoms with van der Waals surface area (Å²) in [6.07, 6.45) is 6.72. The summed E-state index contributed by atoms with van der Waals surface area (Å²) >= 11 is 0. The van der Waals surface area contributed by atoms with Gasteiger partial charge in [0, 0.05) is 26.0 Å². The lowest BCUT2D eigenvalue weighted by atomic mass is 9.82. The lowest BCUT2D eigenvalue weighted by Gasteiger charge is -2.31. The fraction of sp³-hybridized carbons (Fsp3) is 0.429. The van der Waals surface area contributed by atoms with Gasteiger partial charge in [-0.05, 0) is 30.9 Å². The summed E-state index contributed by atoms with van der Waals surface area (Å²) in [4.78, 5) is 12.3. The van der Waals surface area contributed by atoms with Gasteiger partial charge in [-0.1, -0.05) is 0 Å². The van der Waals surface area contributed by atoms with Gasteiger partial charge in [-0.2, -0.15) is 5.10 Å². The van der Waals surface area contributed by atoms with E-state index in [1.54, 1.807) is 10.9 Å². The Morgan fingerprint density at radius 1 is 1.45 bits per heavy atom. The fourth-order valence-electron chi connectivity index (χ4n) is 2.57. The molecule has 0 bridgehead atoms. The zero-order valence-corrected chi connectivity index (χ0v) is 11.4. The number of nitrogens with one attached hydrogen (secondary N) is 1. The average Bonchev–Trinajstić information content (AvgIpc) is 3.01. The number of carbonyl (C=O) groups excluding carboxylic acids is 1. The maximum atomic E-state index is 12.3. The fourth-order valence-corrected chi connectivity index (χ4v) is 2.57. The molecule has 106 valence electrons. The van der Waals surface area contributed by atoms with E-state index in [-0.39, 0.29) is 12.0 Å². The lowest BCUT2D eigenvalue weighted by Crippen LogP contribution is -2.38. The second kappa shape index (κ2) is 5.13. The molecule has 2 aromatic heterocycles. The van der Waals surface area contributed by atoms with Crippen molar-refractivity contribution in [1.29, 1.82) is 0 Å². The number of hydrogen-bond acceptors (Lipinski definition) is 3. The molecule has 1 saturated carbocycles. The summed E-state index contributed by atoms with van der Waals surface area (Å²) in [5, 5.41) is 16.3. The van der Waals surface area contributed by atoms with Gasteiger partial charge in [-0.3, -0.25) is 9.48 Å². The van der Waals surface area contributed by atoms with Gasteiger partial charge >= 0.3 is 0 Å². The van der Waals surface area contributed by atoms with E-state index in [0.29, 0.717) is 18.0 Å². The zero-order chi connectivity index (χ0) is 14.1. The minimum absolute atomic E-state index is 0.122. The molecular formula is C14H18N4O2. The van der Waals surface area contributed by atoms with Crippen molar-refractivity contribution in [3.63, 3.8) is 0 Å². The highest BCUT2D eigenvalue weighted by atomic mass is 16.3. The summed E-state index contributed by atoms with van der Waals surface area (Å²) in [6.45, 7) is 0.607. The topological polar surface area (TPSA) is 72.1 Å². The molecule has 0 aromatic carbocycles. The molecule has 0 atom stereocenters. The Morgan fingerprint density at radius 3 is 2.80 bits per heavy atom. The van der Waals surface area contributed by atoms with Crippen LogP contribution < -0.4 is 5.32 Å². The molecule has 1 amide bonds. The first-order valence-electron chi connectivity index (χ1n) is 6.76. The predicted octanol–water partition coefficient (Wildman–Crippen LogP) is 0.711. The van der Waals surface area contributed by atoms with Gasteiger partial charge in [0.25, 0.3) is 5.91 Å². The van der Waals surface area contributed by atoms with Gasteiger partial charge in [0.1, 0.15) is 11.4 Å². The average molecular weight is 274 g/mol. The number of nitrogens with zero attached hydrogens (tertiary/aromatic N) is 3. The van der Waals surface area contributed by atoms with Crippen LogP contribution in [0.2, 0.25) is 0 Å². The van der Waals surface area contributed by atoms with E-state index in [0.717, 1.165) is 18.7 Å². The van der Waals surface area contributed by atoms with Gasteiger partial charge in [0.2, 0.25) is 0 Å². The molecule has 6 heteroatoms. The van der Waals surface area contributed by atoms with Crippen molar-refractivity contribution in [2.45, 2.75) is 18.9 Å². The number of aliphatic hydroxyl groups is 1. The molecule has 3 rings (SSSR count). The molecule has 2 aromatic rings. The van der Waals surface area contributed by atoms with E-state index < -0.39 is 0 Å². The van der Waals surface area contributed by atoms with Gasteiger partial charge in [0.05, 0.1) is 12.3 Å². The first-order chi connectivity index (χ1) is 9.65. The van der Waals surface area contributed by atoms with E-state index in [1.165, 1.54) is 0 Å². The van der Waals surface area contributed by atoms with Gasteiger partial charge in [0.15, 0.2) is 0 Å². The first-order valence-corrected chi connectivity index (χ1v) is 6.76. The summed E-state index contributed by atoms with van der Waals surface area (Å²) in [6, 6.07) is 3.81. The zero-order valence-electron chi connectivity index (χ0n) is 11.4. The van der Waals surface area contributed by atoms with E-state index >= 15 is 0 Å². The standard InChI is InChI=1S/C14H18N4O2/c1-17-14(18-4-2-3-5-18)12(9-16-17)13(20)15-8-10-6-11(19)7-10/h2-5,9-11,19H,6-8H2,1H3,(H,15,20). The van der Waals surface area contributed by atoms with Crippen LogP contribution in [0.5, 0.6) is 0 Å². The molecule has 1 aliphatic rings. The predicted molar refractivity (Wildman–Crippen MR) is 73.6 cm³/mol. The minimum atomic E-state index is -0.189. The quantitative estimate of drug-likeness (QED) is 0.862. The third-order valence-corrected chi connectivity index (χ3v) is 3.76. The normalized spacial score (nSPS) is 21.5. The van der Waals surface area contributed by atoms with Crippen LogP contribution in [-0.2, 0) is 7.05 Å². The molecule has 2 N–H and O–H groups in total. The Balaban J connectivity index is 1.72. The van der Waals surface area contributed by atoms with Crippen molar-refractivity contribution in [2.75, 3.05) is 6.54 Å². The number of amides is 1. The van der Waals surface area contributed by atoms with Crippen LogP contribution in [0.1, 0.15) is 23.2 Å². The third kappa shape index (κ3) is 2.34. The summed E-state index contributed by atoms with van der Waals surface area (Å²) in [7, 11) is 1.81. The third-order valence-electron chi connectivity index (χ3n) is 3.76. The van der Waals surface area contributed by atoms with Crippen molar-refractivity contribution in [1.82, 2.24) is 19.7 Å². The second-order valence-electron chi connectivity index (χ2n) is 5.30. The van der Waals surface area contributed by atoms with Gasteiger partial charge < -0.3 is 15.0 Å². The molecule has 6 nitrogen and oxygen atoms in total. The Morgan fingerprint density at radius 2 is 2.15 bits per heavy atom. The van der Waals surface area contributed by atoms with Crippen molar-refractivity contribution in [3.05, 3.63) is 36.3 Å². The smallest absolute Gasteiger partial charge is 0.256 e. The highest BCUT2D eigenvalue weighted by molar-refractivity contribution is 5.97. The van der Waals surface area contributed by atoms with Crippen molar-refractivity contribution < 1.29 is 9.90 Å².